The van der Waals surface area contributed by atoms with Crippen LogP contribution in [0, 0.1) is 0 Å². The minimum Gasteiger partial charge on any atom is -0.329 e. The van der Waals surface area contributed by atoms with E-state index in [9.17, 15) is 8.42 Å². The normalized spacial score (nSPS) is 10.2. The molecule has 0 amide bonds. The Morgan fingerprint density at radius 3 is 1.36 bits per heavy atom. The summed E-state index contributed by atoms with van der Waals surface area (Å²) in [5.41, 5.74) is 10.1. The van der Waals surface area contributed by atoms with Gasteiger partial charge < -0.3 is 11.5 Å². The number of hydrogen-bond acceptors (Lipinski definition) is 4. The van der Waals surface area contributed by atoms with Crippen molar-refractivity contribution in [3.63, 3.8) is 0 Å². The number of rotatable bonds is 3. The number of sulfonamides is 1. The van der Waals surface area contributed by atoms with Crippen molar-refractivity contribution in [2.75, 3.05) is 13.1 Å². The van der Waals surface area contributed by atoms with E-state index in [0.717, 1.165) is 0 Å². The van der Waals surface area contributed by atoms with Crippen LogP contribution >= 0.6 is 24.8 Å². The van der Waals surface area contributed by atoms with Crippen molar-refractivity contribution in [3.05, 3.63) is 0 Å². The van der Waals surface area contributed by atoms with Crippen molar-refractivity contribution in [1.82, 2.24) is 0 Å². The summed E-state index contributed by atoms with van der Waals surface area (Å²) in [5.74, 6) is 0. The molecule has 0 fully saturated rings. The lowest BCUT2D eigenvalue weighted by atomic mass is 10.4. The van der Waals surface area contributed by atoms with Crippen LogP contribution in [0.15, 0.2) is 0 Å². The van der Waals surface area contributed by atoms with E-state index in [4.69, 9.17) is 16.6 Å². The fourth-order valence-electron chi connectivity index (χ4n) is 0.364. The molecular formula is C3H13Cl2N3O2S. The van der Waals surface area contributed by atoms with E-state index in [-0.39, 0.29) is 37.9 Å². The van der Waals surface area contributed by atoms with Crippen LogP contribution in [-0.2, 0) is 10.0 Å². The first kappa shape index (κ1) is 17.5. The van der Waals surface area contributed by atoms with Crippen LogP contribution in [0.25, 0.3) is 0 Å². The van der Waals surface area contributed by atoms with Gasteiger partial charge in [-0.15, -0.1) is 24.8 Å². The standard InChI is InChI=1S/C3H11N3O2S.2ClH/c4-1-3(2-5)9(6,7)8;;/h3H,1-2,4-5H2,(H2,6,7,8);2*1H. The summed E-state index contributed by atoms with van der Waals surface area (Å²) in [5, 5.41) is 3.92. The quantitative estimate of drug-likeness (QED) is 0.538. The SMILES string of the molecule is Cl.Cl.NCC(CN)S(N)(=O)=O. The Hall–Kier alpha value is 0.410. The van der Waals surface area contributed by atoms with Gasteiger partial charge in [-0.2, -0.15) is 0 Å². The van der Waals surface area contributed by atoms with Crippen molar-refractivity contribution in [1.29, 1.82) is 0 Å². The lowest BCUT2D eigenvalue weighted by molar-refractivity contribution is 0.581. The molecule has 0 bridgehead atoms. The number of nitrogens with two attached hydrogens (primary N) is 3. The van der Waals surface area contributed by atoms with Crippen molar-refractivity contribution >= 4 is 34.8 Å². The molecule has 0 heterocycles. The second-order valence-corrected chi connectivity index (χ2v) is 3.53. The Bertz CT molecular complexity index is 167. The van der Waals surface area contributed by atoms with Gasteiger partial charge in [0.15, 0.2) is 0 Å². The van der Waals surface area contributed by atoms with Crippen molar-refractivity contribution in [2.24, 2.45) is 16.6 Å². The highest BCUT2D eigenvalue weighted by molar-refractivity contribution is 7.89. The first-order chi connectivity index (χ1) is 4.02. The molecule has 0 aromatic rings. The number of hydrogen-bond donors (Lipinski definition) is 3. The smallest absolute Gasteiger partial charge is 0.214 e. The molecule has 0 saturated carbocycles. The van der Waals surface area contributed by atoms with Gasteiger partial charge >= 0.3 is 0 Å². The zero-order valence-corrected chi connectivity index (χ0v) is 8.21. The highest BCUT2D eigenvalue weighted by Gasteiger charge is 2.16. The molecule has 5 nitrogen and oxygen atoms in total. The first-order valence-corrected chi connectivity index (χ1v) is 4.05. The molecule has 0 aromatic carbocycles. The van der Waals surface area contributed by atoms with E-state index in [0.29, 0.717) is 0 Å². The predicted molar refractivity (Wildman–Crippen MR) is 49.5 cm³/mol. The third-order valence-electron chi connectivity index (χ3n) is 0.990. The van der Waals surface area contributed by atoms with Crippen molar-refractivity contribution in [2.45, 2.75) is 5.25 Å². The van der Waals surface area contributed by atoms with Crippen LogP contribution < -0.4 is 16.6 Å². The zero-order chi connectivity index (χ0) is 7.49. The van der Waals surface area contributed by atoms with Crippen molar-refractivity contribution in [3.8, 4) is 0 Å². The van der Waals surface area contributed by atoms with Gasteiger partial charge in [0.2, 0.25) is 10.0 Å². The van der Waals surface area contributed by atoms with Gasteiger partial charge in [-0.3, -0.25) is 0 Å². The van der Waals surface area contributed by atoms with E-state index in [1.165, 1.54) is 0 Å². The highest BCUT2D eigenvalue weighted by Crippen LogP contribution is 1.88. The van der Waals surface area contributed by atoms with Crippen LogP contribution in [0.3, 0.4) is 0 Å². The molecule has 11 heavy (non-hydrogen) atoms. The molecule has 0 aliphatic carbocycles. The van der Waals surface area contributed by atoms with E-state index in [1.807, 2.05) is 0 Å². The molecule has 0 unspecified atom stereocenters. The summed E-state index contributed by atoms with van der Waals surface area (Å²) in [6.45, 7) is -0.0370. The minimum absolute atomic E-state index is 0. The van der Waals surface area contributed by atoms with E-state index < -0.39 is 15.3 Å². The second-order valence-electron chi connectivity index (χ2n) is 1.68. The fourth-order valence-corrected chi connectivity index (χ4v) is 0.901. The molecule has 0 atom stereocenters. The van der Waals surface area contributed by atoms with Crippen LogP contribution in [0.2, 0.25) is 0 Å². The third-order valence-corrected chi connectivity index (χ3v) is 2.30. The van der Waals surface area contributed by atoms with Crippen LogP contribution in [0.1, 0.15) is 0 Å². The maximum absolute atomic E-state index is 10.4. The van der Waals surface area contributed by atoms with Crippen LogP contribution in [0.4, 0.5) is 0 Å². The van der Waals surface area contributed by atoms with Crippen LogP contribution in [-0.4, -0.2) is 26.8 Å². The lowest BCUT2D eigenvalue weighted by Crippen LogP contribution is -2.40. The molecule has 72 valence electrons. The molecule has 0 radical (unpaired) electrons. The molecule has 0 rings (SSSR count). The second kappa shape index (κ2) is 7.08. The fraction of sp³-hybridized carbons (Fsp3) is 1.00. The largest absolute Gasteiger partial charge is 0.329 e. The summed E-state index contributed by atoms with van der Waals surface area (Å²) in [6, 6.07) is 0. The monoisotopic (exact) mass is 225 g/mol. The van der Waals surface area contributed by atoms with Gasteiger partial charge in [-0.1, -0.05) is 0 Å². The van der Waals surface area contributed by atoms with Gasteiger partial charge in [-0.25, -0.2) is 13.6 Å². The maximum Gasteiger partial charge on any atom is 0.214 e. The minimum atomic E-state index is -3.52. The van der Waals surface area contributed by atoms with E-state index >= 15 is 0 Å². The van der Waals surface area contributed by atoms with Crippen molar-refractivity contribution < 1.29 is 8.42 Å². The Kier molecular flexibility index (Phi) is 11.3. The maximum atomic E-state index is 10.4. The topological polar surface area (TPSA) is 112 Å². The van der Waals surface area contributed by atoms with E-state index in [2.05, 4.69) is 0 Å². The summed E-state index contributed by atoms with van der Waals surface area (Å²) in [6.07, 6.45) is 0. The van der Waals surface area contributed by atoms with Gasteiger partial charge in [-0.05, 0) is 0 Å². The molecule has 0 aromatic heterocycles. The summed E-state index contributed by atoms with van der Waals surface area (Å²) < 4.78 is 20.8. The third kappa shape index (κ3) is 6.79. The van der Waals surface area contributed by atoms with Gasteiger partial charge in [0.1, 0.15) is 0 Å². The van der Waals surface area contributed by atoms with Gasteiger partial charge in [0, 0.05) is 13.1 Å². The molecule has 6 N–H and O–H groups in total. The predicted octanol–water partition coefficient (Wildman–Crippen LogP) is -1.60. The summed E-state index contributed by atoms with van der Waals surface area (Å²) in [7, 11) is -3.52. The number of halogens is 2. The van der Waals surface area contributed by atoms with Crippen LogP contribution in [0.5, 0.6) is 0 Å². The molecule has 0 aliphatic rings. The average Bonchev–Trinajstić information content (AvgIpc) is 1.65. The Morgan fingerprint density at radius 1 is 1.09 bits per heavy atom. The molecule has 0 aliphatic heterocycles. The lowest BCUT2D eigenvalue weighted by Gasteiger charge is -2.07. The Morgan fingerprint density at radius 2 is 1.36 bits per heavy atom. The highest BCUT2D eigenvalue weighted by atomic mass is 35.5. The van der Waals surface area contributed by atoms with Gasteiger partial charge in [0.05, 0.1) is 5.25 Å². The van der Waals surface area contributed by atoms with Gasteiger partial charge in [0.25, 0.3) is 0 Å². The number of primary sulfonamides is 1. The molecular weight excluding hydrogens is 213 g/mol. The van der Waals surface area contributed by atoms with E-state index in [1.54, 1.807) is 0 Å². The molecule has 8 heteroatoms. The molecule has 0 spiro atoms. The summed E-state index contributed by atoms with van der Waals surface area (Å²) in [4.78, 5) is 0. The summed E-state index contributed by atoms with van der Waals surface area (Å²) >= 11 is 0. The molecule has 0 saturated heterocycles. The zero-order valence-electron chi connectivity index (χ0n) is 5.76. The first-order valence-electron chi connectivity index (χ1n) is 2.44. The Labute approximate surface area is 78.6 Å². The average molecular weight is 226 g/mol. The Balaban J connectivity index is -0.000000320.